The molecule has 0 saturated carbocycles. The molecule has 1 aromatic rings. The van der Waals surface area contributed by atoms with Gasteiger partial charge in [0.15, 0.2) is 0 Å². The summed E-state index contributed by atoms with van der Waals surface area (Å²) in [5, 5.41) is 9.90. The average Bonchev–Trinajstić information content (AvgIpc) is 2.81. The fourth-order valence-electron chi connectivity index (χ4n) is 4.44. The Labute approximate surface area is 179 Å². The van der Waals surface area contributed by atoms with E-state index in [1.807, 2.05) is 66.7 Å². The molecular weight excluding hydrogens is 383 g/mol. The van der Waals surface area contributed by atoms with Gasteiger partial charge in [0, 0.05) is 24.7 Å². The van der Waals surface area contributed by atoms with E-state index in [-0.39, 0.29) is 24.0 Å². The zero-order valence-corrected chi connectivity index (χ0v) is 19.2. The van der Waals surface area contributed by atoms with Crippen molar-refractivity contribution >= 4 is 30.3 Å². The lowest BCUT2D eigenvalue weighted by Gasteiger charge is -2.43. The molecule has 30 heavy (non-hydrogen) atoms. The highest BCUT2D eigenvalue weighted by Crippen LogP contribution is 2.42. The van der Waals surface area contributed by atoms with E-state index < -0.39 is 24.4 Å². The minimum absolute atomic E-state index is 0.0583. The quantitative estimate of drug-likeness (QED) is 0.763. The van der Waals surface area contributed by atoms with Crippen molar-refractivity contribution in [3.8, 4) is 0 Å². The lowest BCUT2D eigenvalue weighted by molar-refractivity contribution is -0.117. The summed E-state index contributed by atoms with van der Waals surface area (Å²) in [6.07, 6.45) is -0.436. The summed E-state index contributed by atoms with van der Waals surface area (Å²) >= 11 is 0. The average molecular weight is 416 g/mol. The first-order chi connectivity index (χ1) is 13.8. The Morgan fingerprint density at radius 2 is 1.77 bits per heavy atom. The highest BCUT2D eigenvalue weighted by Gasteiger charge is 2.52. The SMILES string of the molecule is CC(=O)N1c2ccc(B3OC(C)(C)C(C)(C)O3)cc2[C@H](N(C(=O)O)C(C)C)C[C@@H]1C. The summed E-state index contributed by atoms with van der Waals surface area (Å²) in [4.78, 5) is 27.7. The van der Waals surface area contributed by atoms with Crippen molar-refractivity contribution in [2.24, 2.45) is 0 Å². The molecule has 0 unspecified atom stereocenters. The second-order valence-corrected chi connectivity index (χ2v) is 9.68. The summed E-state index contributed by atoms with van der Waals surface area (Å²) in [6, 6.07) is 5.08. The molecule has 1 saturated heterocycles. The minimum Gasteiger partial charge on any atom is -0.465 e. The number of anilines is 1. The molecular formula is C22H33BN2O5. The van der Waals surface area contributed by atoms with Gasteiger partial charge in [-0.1, -0.05) is 12.1 Å². The molecule has 0 aliphatic carbocycles. The Bertz CT molecular complexity index is 838. The molecule has 2 atom stereocenters. The fourth-order valence-corrected chi connectivity index (χ4v) is 4.44. The van der Waals surface area contributed by atoms with Crippen LogP contribution in [0.25, 0.3) is 0 Å². The second kappa shape index (κ2) is 7.57. The fraction of sp³-hybridized carbons (Fsp3) is 0.636. The first-order valence-corrected chi connectivity index (χ1v) is 10.6. The van der Waals surface area contributed by atoms with Crippen LogP contribution in [0.4, 0.5) is 10.5 Å². The molecule has 2 aliphatic heterocycles. The largest absolute Gasteiger partial charge is 0.494 e. The maximum Gasteiger partial charge on any atom is 0.494 e. The Morgan fingerprint density at radius 3 is 2.23 bits per heavy atom. The maximum absolute atomic E-state index is 12.4. The molecule has 0 aromatic heterocycles. The zero-order chi connectivity index (χ0) is 22.6. The van der Waals surface area contributed by atoms with Crippen LogP contribution in [0.2, 0.25) is 0 Å². The standard InChI is InChI=1S/C22H33BN2O5/c1-13(2)24(20(27)28)19-11-14(3)25(15(4)26)18-10-9-16(12-17(18)19)23-29-21(5,6)22(7,8)30-23/h9-10,12-14,19H,11H2,1-8H3,(H,27,28)/t14-,19+/m0/s1. The van der Waals surface area contributed by atoms with Crippen molar-refractivity contribution in [3.05, 3.63) is 23.8 Å². The van der Waals surface area contributed by atoms with Crippen molar-refractivity contribution in [1.82, 2.24) is 4.90 Å². The van der Waals surface area contributed by atoms with E-state index in [1.165, 1.54) is 4.90 Å². The van der Waals surface area contributed by atoms with E-state index >= 15 is 0 Å². The van der Waals surface area contributed by atoms with E-state index in [9.17, 15) is 14.7 Å². The van der Waals surface area contributed by atoms with Crippen LogP contribution in [0, 0.1) is 0 Å². The molecule has 0 spiro atoms. The number of carbonyl (C=O) groups is 2. The molecule has 0 radical (unpaired) electrons. The number of hydrogen-bond acceptors (Lipinski definition) is 4. The van der Waals surface area contributed by atoms with Gasteiger partial charge in [0.1, 0.15) is 0 Å². The normalized spacial score (nSPS) is 24.7. The van der Waals surface area contributed by atoms with Crippen LogP contribution in [0.1, 0.15) is 73.4 Å². The number of amides is 2. The van der Waals surface area contributed by atoms with E-state index in [2.05, 4.69) is 0 Å². The molecule has 2 heterocycles. The van der Waals surface area contributed by atoms with Crippen LogP contribution in [0.15, 0.2) is 18.2 Å². The first kappa shape index (κ1) is 22.6. The van der Waals surface area contributed by atoms with Gasteiger partial charge in [0.25, 0.3) is 0 Å². The summed E-state index contributed by atoms with van der Waals surface area (Å²) in [7, 11) is -0.552. The summed E-state index contributed by atoms with van der Waals surface area (Å²) in [5.74, 6) is -0.0583. The molecule has 7 nitrogen and oxygen atoms in total. The number of carboxylic acid groups (broad SMARTS) is 1. The molecule has 1 fully saturated rings. The molecule has 1 aromatic carbocycles. The summed E-state index contributed by atoms with van der Waals surface area (Å²) < 4.78 is 12.4. The third kappa shape index (κ3) is 3.71. The maximum atomic E-state index is 12.4. The number of rotatable bonds is 3. The topological polar surface area (TPSA) is 79.3 Å². The van der Waals surface area contributed by atoms with E-state index in [0.29, 0.717) is 6.42 Å². The third-order valence-electron chi connectivity index (χ3n) is 6.65. The van der Waals surface area contributed by atoms with Gasteiger partial charge in [-0.15, -0.1) is 0 Å². The Balaban J connectivity index is 2.11. The molecule has 3 rings (SSSR count). The Kier molecular flexibility index (Phi) is 5.71. The van der Waals surface area contributed by atoms with Crippen LogP contribution in [-0.4, -0.2) is 52.4 Å². The number of carbonyl (C=O) groups excluding carboxylic acids is 1. The van der Waals surface area contributed by atoms with E-state index in [4.69, 9.17) is 9.31 Å². The van der Waals surface area contributed by atoms with Crippen molar-refractivity contribution in [2.75, 3.05) is 4.90 Å². The van der Waals surface area contributed by atoms with Crippen molar-refractivity contribution in [2.45, 2.75) is 91.1 Å². The van der Waals surface area contributed by atoms with Gasteiger partial charge in [0.2, 0.25) is 5.91 Å². The van der Waals surface area contributed by atoms with Crippen molar-refractivity contribution < 1.29 is 24.0 Å². The highest BCUT2D eigenvalue weighted by atomic mass is 16.7. The van der Waals surface area contributed by atoms with Gasteiger partial charge >= 0.3 is 13.2 Å². The van der Waals surface area contributed by atoms with Gasteiger partial charge in [-0.3, -0.25) is 9.69 Å². The number of hydrogen-bond donors (Lipinski definition) is 1. The predicted molar refractivity (Wildman–Crippen MR) is 117 cm³/mol. The van der Waals surface area contributed by atoms with Gasteiger partial charge in [-0.25, -0.2) is 4.79 Å². The van der Waals surface area contributed by atoms with Gasteiger partial charge in [0.05, 0.1) is 17.2 Å². The van der Waals surface area contributed by atoms with E-state index in [0.717, 1.165) is 16.7 Å². The van der Waals surface area contributed by atoms with Crippen molar-refractivity contribution in [3.63, 3.8) is 0 Å². The minimum atomic E-state index is -0.967. The van der Waals surface area contributed by atoms with Gasteiger partial charge in [-0.05, 0) is 72.0 Å². The monoisotopic (exact) mass is 416 g/mol. The summed E-state index contributed by atoms with van der Waals surface area (Å²) in [5.41, 5.74) is 1.44. The third-order valence-corrected chi connectivity index (χ3v) is 6.65. The lowest BCUT2D eigenvalue weighted by Crippen LogP contribution is -2.49. The second-order valence-electron chi connectivity index (χ2n) is 9.68. The van der Waals surface area contributed by atoms with Gasteiger partial charge in [-0.2, -0.15) is 0 Å². The lowest BCUT2D eigenvalue weighted by atomic mass is 9.76. The molecule has 0 bridgehead atoms. The Hall–Kier alpha value is -2.06. The predicted octanol–water partition coefficient (Wildman–Crippen LogP) is 3.56. The first-order valence-electron chi connectivity index (χ1n) is 10.6. The highest BCUT2D eigenvalue weighted by molar-refractivity contribution is 6.62. The van der Waals surface area contributed by atoms with Crippen LogP contribution in [0.3, 0.4) is 0 Å². The molecule has 164 valence electrons. The molecule has 1 N–H and O–H groups in total. The number of fused-ring (bicyclic) bond motifs is 1. The van der Waals surface area contributed by atoms with E-state index in [1.54, 1.807) is 11.8 Å². The van der Waals surface area contributed by atoms with Crippen LogP contribution >= 0.6 is 0 Å². The smallest absolute Gasteiger partial charge is 0.465 e. The number of nitrogens with zero attached hydrogens (tertiary/aromatic N) is 2. The number of benzene rings is 1. The summed E-state index contributed by atoms with van der Waals surface area (Å²) in [6.45, 7) is 15.2. The zero-order valence-electron chi connectivity index (χ0n) is 19.2. The van der Waals surface area contributed by atoms with Crippen LogP contribution < -0.4 is 10.4 Å². The molecule has 2 aliphatic rings. The van der Waals surface area contributed by atoms with Crippen LogP contribution in [-0.2, 0) is 14.1 Å². The van der Waals surface area contributed by atoms with Gasteiger partial charge < -0.3 is 19.3 Å². The van der Waals surface area contributed by atoms with Crippen LogP contribution in [0.5, 0.6) is 0 Å². The molecule has 8 heteroatoms. The Morgan fingerprint density at radius 1 is 1.20 bits per heavy atom. The van der Waals surface area contributed by atoms with Crippen molar-refractivity contribution in [1.29, 1.82) is 0 Å². The molecule has 2 amide bonds.